The van der Waals surface area contributed by atoms with Crippen molar-refractivity contribution in [2.24, 2.45) is 0 Å². The molecule has 0 N–H and O–H groups in total. The van der Waals surface area contributed by atoms with Crippen LogP contribution in [0.1, 0.15) is 0 Å². The largest absolute Gasteiger partial charge is 0.243 e. The quantitative estimate of drug-likeness (QED) is 0.580. The first-order chi connectivity index (χ1) is 6.84. The summed E-state index contributed by atoms with van der Waals surface area (Å²) < 4.78 is 0.545. The van der Waals surface area contributed by atoms with Crippen molar-refractivity contribution in [3.05, 3.63) is 34.9 Å². The van der Waals surface area contributed by atoms with E-state index >= 15 is 0 Å². The highest BCUT2D eigenvalue weighted by Crippen LogP contribution is 2.29. The number of hydrogen-bond donors (Lipinski definition) is 0. The van der Waals surface area contributed by atoms with Gasteiger partial charge in [-0.25, -0.2) is 9.97 Å². The molecule has 0 aliphatic heterocycles. The van der Waals surface area contributed by atoms with E-state index in [1.807, 2.05) is 30.5 Å². The number of hydrogen-bond acceptors (Lipinski definition) is 3. The molecule has 14 heavy (non-hydrogen) atoms. The second kappa shape index (κ2) is 2.90. The molecule has 0 bridgehead atoms. The van der Waals surface area contributed by atoms with Gasteiger partial charge in [-0.05, 0) is 0 Å². The summed E-state index contributed by atoms with van der Waals surface area (Å²) in [6.07, 6.45) is 1.85. The molecule has 1 aromatic carbocycles. The van der Waals surface area contributed by atoms with E-state index in [-0.39, 0.29) is 0 Å². The van der Waals surface area contributed by atoms with Gasteiger partial charge in [0.05, 0.1) is 0 Å². The third-order valence-corrected chi connectivity index (χ3v) is 3.19. The lowest BCUT2D eigenvalue weighted by Crippen LogP contribution is -1.77. The van der Waals surface area contributed by atoms with Crippen molar-refractivity contribution >= 4 is 44.1 Å². The molecule has 2 heterocycles. The number of aromatic nitrogens is 2. The number of fused-ring (bicyclic) bond motifs is 3. The average molecular weight is 221 g/mol. The molecule has 0 amide bonds. The van der Waals surface area contributed by atoms with Gasteiger partial charge in [0.1, 0.15) is 10.3 Å². The molecule has 4 heteroatoms. The topological polar surface area (TPSA) is 25.8 Å². The van der Waals surface area contributed by atoms with Crippen molar-refractivity contribution in [2.45, 2.75) is 0 Å². The summed E-state index contributed by atoms with van der Waals surface area (Å²) in [5.41, 5.74) is 0.901. The molecule has 0 saturated carbocycles. The third kappa shape index (κ3) is 1.10. The lowest BCUT2D eigenvalue weighted by atomic mass is 10.2. The van der Waals surface area contributed by atoms with E-state index in [4.69, 9.17) is 11.6 Å². The standard InChI is InChI=1S/C10H5ClN2S/c11-10-13-8-7-4-2-1-3-6(7)5-12-9(8)14-10/h1-5H. The molecule has 0 unspecified atom stereocenters. The Morgan fingerprint density at radius 3 is 3.00 bits per heavy atom. The van der Waals surface area contributed by atoms with Crippen molar-refractivity contribution in [3.8, 4) is 0 Å². The maximum Gasteiger partial charge on any atom is 0.186 e. The van der Waals surface area contributed by atoms with Crippen LogP contribution in [0.3, 0.4) is 0 Å². The zero-order valence-corrected chi connectivity index (χ0v) is 8.64. The lowest BCUT2D eigenvalue weighted by molar-refractivity contribution is 1.44. The molecular weight excluding hydrogens is 216 g/mol. The highest BCUT2D eigenvalue weighted by molar-refractivity contribution is 7.21. The van der Waals surface area contributed by atoms with Gasteiger partial charge in [0.15, 0.2) is 4.47 Å². The van der Waals surface area contributed by atoms with Crippen molar-refractivity contribution in [1.82, 2.24) is 9.97 Å². The van der Waals surface area contributed by atoms with Gasteiger partial charge in [0.2, 0.25) is 0 Å². The van der Waals surface area contributed by atoms with Gasteiger partial charge >= 0.3 is 0 Å². The molecule has 0 spiro atoms. The van der Waals surface area contributed by atoms with E-state index in [1.54, 1.807) is 0 Å². The predicted octanol–water partition coefficient (Wildman–Crippen LogP) is 3.50. The summed E-state index contributed by atoms with van der Waals surface area (Å²) >= 11 is 7.26. The number of pyridine rings is 1. The van der Waals surface area contributed by atoms with E-state index in [9.17, 15) is 0 Å². The smallest absolute Gasteiger partial charge is 0.186 e. The van der Waals surface area contributed by atoms with Gasteiger partial charge in [-0.2, -0.15) is 0 Å². The molecule has 0 fully saturated rings. The van der Waals surface area contributed by atoms with E-state index < -0.39 is 0 Å². The Morgan fingerprint density at radius 1 is 1.21 bits per heavy atom. The average Bonchev–Trinajstić information content (AvgIpc) is 2.59. The SMILES string of the molecule is Clc1nc2c(ncc3ccccc32)s1. The minimum atomic E-state index is 0.545. The Balaban J connectivity index is 2.60. The van der Waals surface area contributed by atoms with Crippen LogP contribution in [0.25, 0.3) is 21.1 Å². The molecule has 0 aliphatic rings. The minimum absolute atomic E-state index is 0.545. The van der Waals surface area contributed by atoms with Gasteiger partial charge in [-0.3, -0.25) is 0 Å². The van der Waals surface area contributed by atoms with Crippen molar-refractivity contribution in [3.63, 3.8) is 0 Å². The van der Waals surface area contributed by atoms with E-state index in [0.717, 1.165) is 21.1 Å². The van der Waals surface area contributed by atoms with Crippen molar-refractivity contribution < 1.29 is 0 Å². The van der Waals surface area contributed by atoms with E-state index in [2.05, 4.69) is 9.97 Å². The fraction of sp³-hybridized carbons (Fsp3) is 0. The van der Waals surface area contributed by atoms with Crippen LogP contribution in [-0.2, 0) is 0 Å². The van der Waals surface area contributed by atoms with E-state index in [1.165, 1.54) is 11.3 Å². The maximum atomic E-state index is 5.85. The minimum Gasteiger partial charge on any atom is -0.243 e. The predicted molar refractivity (Wildman–Crippen MR) is 59.9 cm³/mol. The van der Waals surface area contributed by atoms with Crippen LogP contribution in [-0.4, -0.2) is 9.97 Å². The summed E-state index contributed by atoms with van der Waals surface area (Å²) in [7, 11) is 0. The summed E-state index contributed by atoms with van der Waals surface area (Å²) in [6, 6.07) is 8.04. The van der Waals surface area contributed by atoms with Crippen LogP contribution in [0, 0.1) is 0 Å². The van der Waals surface area contributed by atoms with Crippen LogP contribution in [0.2, 0.25) is 4.47 Å². The number of thiazole rings is 1. The van der Waals surface area contributed by atoms with Crippen LogP contribution < -0.4 is 0 Å². The van der Waals surface area contributed by atoms with Gasteiger partial charge in [-0.15, -0.1) is 0 Å². The highest BCUT2D eigenvalue weighted by atomic mass is 35.5. The molecule has 0 saturated heterocycles. The van der Waals surface area contributed by atoms with Gasteiger partial charge in [0.25, 0.3) is 0 Å². The molecule has 0 aliphatic carbocycles. The first kappa shape index (κ1) is 8.15. The highest BCUT2D eigenvalue weighted by Gasteiger charge is 2.06. The first-order valence-corrected chi connectivity index (χ1v) is 5.34. The van der Waals surface area contributed by atoms with Crippen LogP contribution in [0.15, 0.2) is 30.5 Å². The normalized spacial score (nSPS) is 11.2. The summed E-state index contributed by atoms with van der Waals surface area (Å²) in [5, 5.41) is 2.21. The van der Waals surface area contributed by atoms with Gasteiger partial charge in [0, 0.05) is 17.0 Å². The zero-order chi connectivity index (χ0) is 9.54. The lowest BCUT2D eigenvalue weighted by Gasteiger charge is -1.95. The Labute approximate surface area is 89.2 Å². The third-order valence-electron chi connectivity index (χ3n) is 2.12. The second-order valence-electron chi connectivity index (χ2n) is 2.97. The molecule has 0 atom stereocenters. The Hall–Kier alpha value is -1.19. The first-order valence-electron chi connectivity index (χ1n) is 4.14. The Bertz CT molecular complexity index is 618. The van der Waals surface area contributed by atoms with Crippen LogP contribution in [0.5, 0.6) is 0 Å². The second-order valence-corrected chi connectivity index (χ2v) is 4.53. The van der Waals surface area contributed by atoms with E-state index in [0.29, 0.717) is 4.47 Å². The number of benzene rings is 1. The molecular formula is C10H5ClN2S. The Morgan fingerprint density at radius 2 is 2.07 bits per heavy atom. The molecule has 68 valence electrons. The summed E-state index contributed by atoms with van der Waals surface area (Å²) in [5.74, 6) is 0. The van der Waals surface area contributed by atoms with Crippen LogP contribution >= 0.6 is 22.9 Å². The summed E-state index contributed by atoms with van der Waals surface area (Å²) in [6.45, 7) is 0. The number of nitrogens with zero attached hydrogens (tertiary/aromatic N) is 2. The molecule has 0 radical (unpaired) electrons. The van der Waals surface area contributed by atoms with Gasteiger partial charge in [-0.1, -0.05) is 47.2 Å². The molecule has 3 aromatic rings. The van der Waals surface area contributed by atoms with Crippen molar-refractivity contribution in [2.75, 3.05) is 0 Å². The zero-order valence-electron chi connectivity index (χ0n) is 7.07. The monoisotopic (exact) mass is 220 g/mol. The van der Waals surface area contributed by atoms with Crippen molar-refractivity contribution in [1.29, 1.82) is 0 Å². The Kier molecular flexibility index (Phi) is 1.69. The summed E-state index contributed by atoms with van der Waals surface area (Å²) in [4.78, 5) is 9.46. The maximum absolute atomic E-state index is 5.85. The molecule has 2 nitrogen and oxygen atoms in total. The molecule has 2 aromatic heterocycles. The fourth-order valence-corrected chi connectivity index (χ4v) is 2.46. The molecule has 3 rings (SSSR count). The fourth-order valence-electron chi connectivity index (χ4n) is 1.50. The van der Waals surface area contributed by atoms with Crippen LogP contribution in [0.4, 0.5) is 0 Å². The number of rotatable bonds is 0. The number of halogens is 1. The van der Waals surface area contributed by atoms with Gasteiger partial charge < -0.3 is 0 Å².